The summed E-state index contributed by atoms with van der Waals surface area (Å²) in [6.07, 6.45) is 9.62. The minimum Gasteiger partial charge on any atom is -1.00 e. The minimum absolute atomic E-state index is 0. The Kier molecular flexibility index (Phi) is 6.60. The zero-order valence-corrected chi connectivity index (χ0v) is 19.7. The van der Waals surface area contributed by atoms with Crippen molar-refractivity contribution in [3.05, 3.63) is 75.7 Å². The third-order valence-corrected chi connectivity index (χ3v) is 14.8. The van der Waals surface area contributed by atoms with Crippen LogP contribution in [-0.4, -0.2) is 8.07 Å². The van der Waals surface area contributed by atoms with Crippen LogP contribution in [0.3, 0.4) is 0 Å². The van der Waals surface area contributed by atoms with Crippen molar-refractivity contribution in [2.45, 2.75) is 43.4 Å². The standard InChI is InChI=1S/C18H19Si.C5H5.2ClH.Ti/c1-2-19(12-7-13-19)18-16-10-5-3-8-14(16)15-9-4-6-11-17(15)18;1-2-4-5-3-1;;;/h3-6,8-10,18H,2,7,12-13H2,1H3;1-3H,4H2;2*1H;/q;;;;+2/p-2. The van der Waals surface area contributed by atoms with Crippen LogP contribution in [0, 0.1) is 0 Å². The smallest absolute Gasteiger partial charge is 1.00 e. The molecule has 5 rings (SSSR count). The molecular formula is C23H24Cl2SiTi. The van der Waals surface area contributed by atoms with Gasteiger partial charge in [-0.05, 0) is 0 Å². The maximum absolute atomic E-state index is 2.48. The maximum atomic E-state index is 2.48. The van der Waals surface area contributed by atoms with Crippen LogP contribution in [-0.2, 0) is 19.2 Å². The van der Waals surface area contributed by atoms with Crippen LogP contribution in [0.25, 0.3) is 11.1 Å². The minimum atomic E-state index is -1.19. The number of fused-ring (bicyclic) bond motifs is 3. The molecule has 0 nitrogen and oxygen atoms in total. The Labute approximate surface area is 185 Å². The molecule has 0 saturated carbocycles. The first-order valence-corrected chi connectivity index (χ1v) is 13.9. The van der Waals surface area contributed by atoms with Gasteiger partial charge in [-0.3, -0.25) is 0 Å². The van der Waals surface area contributed by atoms with Crippen LogP contribution in [0.15, 0.2) is 64.6 Å². The van der Waals surface area contributed by atoms with Gasteiger partial charge in [-0.1, -0.05) is 0 Å². The van der Waals surface area contributed by atoms with Gasteiger partial charge in [0.2, 0.25) is 0 Å². The van der Waals surface area contributed by atoms with Crippen LogP contribution >= 0.6 is 0 Å². The molecule has 0 amide bonds. The first-order valence-electron chi connectivity index (χ1n) is 9.67. The predicted molar refractivity (Wildman–Crippen MR) is 106 cm³/mol. The van der Waals surface area contributed by atoms with E-state index in [-0.39, 0.29) is 44.0 Å². The third-order valence-electron chi connectivity index (χ3n) is 6.69. The number of rotatable bonds is 4. The molecule has 138 valence electrons. The van der Waals surface area contributed by atoms with Crippen molar-refractivity contribution in [2.75, 3.05) is 0 Å². The average molecular weight is 447 g/mol. The Morgan fingerprint density at radius 2 is 1.78 bits per heavy atom. The summed E-state index contributed by atoms with van der Waals surface area (Å²) < 4.78 is 3.42. The zero-order valence-electron chi connectivity index (χ0n) is 15.6. The van der Waals surface area contributed by atoms with Crippen molar-refractivity contribution < 1.29 is 44.0 Å². The van der Waals surface area contributed by atoms with Gasteiger partial charge >= 0.3 is 161 Å². The molecule has 1 unspecified atom stereocenters. The molecule has 3 aliphatic rings. The van der Waals surface area contributed by atoms with E-state index >= 15 is 0 Å². The van der Waals surface area contributed by atoms with E-state index in [0.29, 0.717) is 0 Å². The quantitative estimate of drug-likeness (QED) is 0.569. The fourth-order valence-electron chi connectivity index (χ4n) is 5.20. The van der Waals surface area contributed by atoms with Crippen LogP contribution in [0.5, 0.6) is 0 Å². The largest absolute Gasteiger partial charge is 1.00 e. The molecule has 0 N–H and O–H groups in total. The molecule has 2 aliphatic carbocycles. The molecule has 2 aromatic carbocycles. The molecule has 4 heteroatoms. The second kappa shape index (κ2) is 8.43. The fourth-order valence-corrected chi connectivity index (χ4v) is 12.3. The number of benzene rings is 2. The van der Waals surface area contributed by atoms with Gasteiger partial charge in [0.05, 0.1) is 0 Å². The van der Waals surface area contributed by atoms with E-state index in [1.165, 1.54) is 18.9 Å². The van der Waals surface area contributed by atoms with Gasteiger partial charge < -0.3 is 24.8 Å². The van der Waals surface area contributed by atoms with E-state index in [4.69, 9.17) is 0 Å². The van der Waals surface area contributed by atoms with Crippen molar-refractivity contribution >= 4 is 11.9 Å². The molecule has 27 heavy (non-hydrogen) atoms. The molecule has 1 atom stereocenters. The summed E-state index contributed by atoms with van der Waals surface area (Å²) in [5, 5.41) is 0. The molecule has 0 bridgehead atoms. The molecule has 1 heterocycles. The first kappa shape index (κ1) is 21.1. The normalized spacial score (nSPS) is 20.3. The molecule has 1 fully saturated rings. The molecule has 1 saturated heterocycles. The summed E-state index contributed by atoms with van der Waals surface area (Å²) in [4.78, 5) is 0. The van der Waals surface area contributed by atoms with E-state index < -0.39 is 8.07 Å². The van der Waals surface area contributed by atoms with Crippen LogP contribution in [0.1, 0.15) is 36.4 Å². The average Bonchev–Trinajstić information content (AvgIpc) is 3.22. The van der Waals surface area contributed by atoms with Gasteiger partial charge in [0.25, 0.3) is 0 Å². The second-order valence-electron chi connectivity index (χ2n) is 7.81. The van der Waals surface area contributed by atoms with E-state index in [2.05, 4.69) is 67.6 Å². The van der Waals surface area contributed by atoms with Gasteiger partial charge in [0.1, 0.15) is 0 Å². The Hall–Kier alpha value is -0.569. The van der Waals surface area contributed by atoms with Crippen molar-refractivity contribution in [2.24, 2.45) is 0 Å². The Morgan fingerprint density at radius 3 is 2.44 bits per heavy atom. The van der Waals surface area contributed by atoms with Crippen molar-refractivity contribution in [1.82, 2.24) is 0 Å². The fraction of sp³-hybridized carbons (Fsp3) is 0.304. The van der Waals surface area contributed by atoms with Crippen molar-refractivity contribution in [1.29, 1.82) is 0 Å². The van der Waals surface area contributed by atoms with E-state index in [1.807, 2.05) is 0 Å². The Bertz CT molecular complexity index is 893. The zero-order chi connectivity index (χ0) is 16.9. The maximum Gasteiger partial charge on any atom is -1.00 e. The summed E-state index contributed by atoms with van der Waals surface area (Å²) in [6, 6.07) is 21.1. The van der Waals surface area contributed by atoms with Gasteiger partial charge in [-0.2, -0.15) is 0 Å². The van der Waals surface area contributed by atoms with E-state index in [1.54, 1.807) is 42.1 Å². The number of hydrogen-bond acceptors (Lipinski definition) is 0. The van der Waals surface area contributed by atoms with E-state index in [0.717, 1.165) is 5.54 Å². The molecule has 0 spiro atoms. The SMILES string of the molecule is CC[Si]1(C2c3ccccc3-c3ccc[c]([Ti+2][C]4=CC=CC4)c32)CCC1.[Cl-].[Cl-]. The summed E-state index contributed by atoms with van der Waals surface area (Å²) >= 11 is -0.185. The van der Waals surface area contributed by atoms with Gasteiger partial charge in [0, 0.05) is 0 Å². The molecule has 1 aliphatic heterocycles. The summed E-state index contributed by atoms with van der Waals surface area (Å²) in [6.45, 7) is 2.48. The predicted octanol–water partition coefficient (Wildman–Crippen LogP) is -0.230. The number of hydrogen-bond donors (Lipinski definition) is 0. The molecular weight excluding hydrogens is 423 g/mol. The summed E-state index contributed by atoms with van der Waals surface area (Å²) in [5.74, 6) is 0. The van der Waals surface area contributed by atoms with Gasteiger partial charge in [-0.15, -0.1) is 0 Å². The van der Waals surface area contributed by atoms with E-state index in [9.17, 15) is 0 Å². The topological polar surface area (TPSA) is 0 Å². The monoisotopic (exact) mass is 446 g/mol. The van der Waals surface area contributed by atoms with Gasteiger partial charge in [-0.25, -0.2) is 0 Å². The molecule has 0 radical (unpaired) electrons. The molecule has 2 aromatic rings. The van der Waals surface area contributed by atoms with Gasteiger partial charge in [0.15, 0.2) is 0 Å². The molecule has 0 aromatic heterocycles. The summed E-state index contributed by atoms with van der Waals surface area (Å²) in [5.41, 5.74) is 7.32. The summed E-state index contributed by atoms with van der Waals surface area (Å²) in [7, 11) is -1.19. The second-order valence-corrected chi connectivity index (χ2v) is 15.0. The van der Waals surface area contributed by atoms with Crippen LogP contribution < -0.4 is 28.7 Å². The third kappa shape index (κ3) is 3.36. The number of halogens is 2. The Morgan fingerprint density at radius 1 is 1.00 bits per heavy atom. The van der Waals surface area contributed by atoms with Crippen molar-refractivity contribution in [3.8, 4) is 11.1 Å². The van der Waals surface area contributed by atoms with Crippen molar-refractivity contribution in [3.63, 3.8) is 0 Å². The first-order chi connectivity index (χ1) is 12.3. The number of allylic oxidation sites excluding steroid dienone is 4. The Balaban J connectivity index is 0.00000105. The van der Waals surface area contributed by atoms with Crippen LogP contribution in [0.2, 0.25) is 18.1 Å². The van der Waals surface area contributed by atoms with Crippen LogP contribution in [0.4, 0.5) is 0 Å².